The third kappa shape index (κ3) is 11.6. The molecule has 0 aromatic carbocycles. The van der Waals surface area contributed by atoms with Crippen molar-refractivity contribution in [2.24, 2.45) is 0 Å². The topological polar surface area (TPSA) is 107 Å². The molecule has 31 heavy (non-hydrogen) atoms. The summed E-state index contributed by atoms with van der Waals surface area (Å²) in [4.78, 5) is 35.6. The molecule has 0 aromatic heterocycles. The van der Waals surface area contributed by atoms with Gasteiger partial charge in [0.05, 0.1) is 30.6 Å². The average molecular weight is 489 g/mol. The maximum Gasteiger partial charge on any atom is 0.398 e. The summed E-state index contributed by atoms with van der Waals surface area (Å²) >= 11 is 5.80. The van der Waals surface area contributed by atoms with Crippen molar-refractivity contribution in [3.8, 4) is 0 Å². The van der Waals surface area contributed by atoms with Crippen molar-refractivity contribution in [2.75, 3.05) is 5.88 Å². The van der Waals surface area contributed by atoms with Crippen LogP contribution in [0.2, 0.25) is 0 Å². The second-order valence-electron chi connectivity index (χ2n) is 7.37. The van der Waals surface area contributed by atoms with E-state index >= 15 is 0 Å². The van der Waals surface area contributed by atoms with Crippen LogP contribution in [0.1, 0.15) is 80.6 Å². The Labute approximate surface area is 190 Å². The molecule has 6 atom stereocenters. The Hall–Kier alpha value is -0.700. The zero-order chi connectivity index (χ0) is 24.0. The zero-order valence-electron chi connectivity index (χ0n) is 19.6. The molecular weight excluding hydrogens is 451 g/mol. The van der Waals surface area contributed by atoms with Crippen molar-refractivity contribution in [1.29, 1.82) is 0 Å². The van der Waals surface area contributed by atoms with Crippen molar-refractivity contribution in [2.45, 2.75) is 111 Å². The monoisotopic (exact) mass is 488 g/mol. The highest BCUT2D eigenvalue weighted by Gasteiger charge is 2.48. The number of hydrogen-bond acceptors (Lipinski definition) is 9. The first-order chi connectivity index (χ1) is 14.6. The molecule has 6 unspecified atom stereocenters. The number of esters is 2. The smallest absolute Gasteiger partial charge is 0.398 e. The number of ether oxygens (including phenoxy) is 2. The van der Waals surface area contributed by atoms with Gasteiger partial charge in [-0.2, -0.15) is 0 Å². The van der Waals surface area contributed by atoms with Crippen molar-refractivity contribution in [3.63, 3.8) is 0 Å². The predicted octanol–water partition coefficient (Wildman–Crippen LogP) is 5.33. The van der Waals surface area contributed by atoms with Gasteiger partial charge >= 0.3 is 19.5 Å². The van der Waals surface area contributed by atoms with E-state index in [9.17, 15) is 14.2 Å². The second-order valence-corrected chi connectivity index (χ2v) is 9.68. The maximum absolute atomic E-state index is 13.6. The fourth-order valence-corrected chi connectivity index (χ4v) is 3.54. The quantitative estimate of drug-likeness (QED) is 0.0881. The van der Waals surface area contributed by atoms with E-state index < -0.39 is 49.9 Å². The van der Waals surface area contributed by atoms with Crippen LogP contribution in [0.15, 0.2) is 0 Å². The zero-order valence-corrected chi connectivity index (χ0v) is 21.3. The minimum absolute atomic E-state index is 0.0563. The van der Waals surface area contributed by atoms with Gasteiger partial charge in [0.2, 0.25) is 0 Å². The molecule has 0 saturated heterocycles. The summed E-state index contributed by atoms with van der Waals surface area (Å²) < 4.78 is 34.4. The van der Waals surface area contributed by atoms with Crippen molar-refractivity contribution < 1.29 is 42.8 Å². The average Bonchev–Trinajstić information content (AvgIpc) is 2.75. The molecule has 0 saturated carbocycles. The summed E-state index contributed by atoms with van der Waals surface area (Å²) in [5, 5.41) is 0. The Kier molecular flexibility index (Phi) is 15.6. The number of alkyl halides is 1. The molecule has 0 spiro atoms. The lowest BCUT2D eigenvalue weighted by atomic mass is 10.2. The highest BCUT2D eigenvalue weighted by atomic mass is 35.5. The summed E-state index contributed by atoms with van der Waals surface area (Å²) in [6.07, 6.45) is -0.429. The van der Waals surface area contributed by atoms with Gasteiger partial charge in [0.15, 0.2) is 5.66 Å². The van der Waals surface area contributed by atoms with E-state index in [2.05, 4.69) is 0 Å². The third-order valence-electron chi connectivity index (χ3n) is 4.61. The van der Waals surface area contributed by atoms with E-state index in [1.165, 1.54) is 0 Å². The van der Waals surface area contributed by atoms with Gasteiger partial charge in [-0.15, -0.1) is 20.9 Å². The Morgan fingerprint density at radius 1 is 0.806 bits per heavy atom. The second kappa shape index (κ2) is 16.0. The summed E-state index contributed by atoms with van der Waals surface area (Å²) in [5.41, 5.74) is -1.64. The molecule has 0 radical (unpaired) electrons. The lowest BCUT2D eigenvalue weighted by molar-refractivity contribution is -0.296. The molecule has 0 heterocycles. The van der Waals surface area contributed by atoms with Crippen LogP contribution < -0.4 is 0 Å². The van der Waals surface area contributed by atoms with E-state index in [1.807, 2.05) is 20.8 Å². The number of carbonyl (C=O) groups is 2. The Morgan fingerprint density at radius 2 is 1.32 bits per heavy atom. The number of rotatable bonds is 17. The van der Waals surface area contributed by atoms with Gasteiger partial charge in [-0.25, -0.2) is 9.78 Å². The van der Waals surface area contributed by atoms with Crippen LogP contribution in [0.25, 0.3) is 0 Å². The van der Waals surface area contributed by atoms with Gasteiger partial charge in [-0.3, -0.25) is 14.2 Å². The van der Waals surface area contributed by atoms with E-state index in [0.717, 1.165) is 0 Å². The molecule has 0 aliphatic heterocycles. The first-order valence-electron chi connectivity index (χ1n) is 10.8. The molecule has 0 rings (SSSR count). The minimum Gasteiger partial charge on any atom is -0.463 e. The van der Waals surface area contributed by atoms with Gasteiger partial charge in [-0.1, -0.05) is 27.7 Å². The molecular formula is C20H38ClO9P. The lowest BCUT2D eigenvalue weighted by Gasteiger charge is -2.26. The number of halogens is 1. The van der Waals surface area contributed by atoms with Crippen LogP contribution in [0.4, 0.5) is 0 Å². The van der Waals surface area contributed by atoms with Gasteiger partial charge in [0.25, 0.3) is 0 Å². The summed E-state index contributed by atoms with van der Waals surface area (Å²) in [6.45, 7) is 12.3. The van der Waals surface area contributed by atoms with Gasteiger partial charge in [-0.05, 0) is 46.5 Å². The highest BCUT2D eigenvalue weighted by Crippen LogP contribution is 2.56. The number of hydrogen-bond donors (Lipinski definition) is 0. The van der Waals surface area contributed by atoms with E-state index in [4.69, 9.17) is 40.2 Å². The normalized spacial score (nSPS) is 18.3. The third-order valence-corrected chi connectivity index (χ3v) is 6.70. The highest BCUT2D eigenvalue weighted by molar-refractivity contribution is 7.55. The molecule has 0 aromatic rings. The van der Waals surface area contributed by atoms with E-state index in [-0.39, 0.29) is 12.0 Å². The molecule has 0 bridgehead atoms. The van der Waals surface area contributed by atoms with Crippen molar-refractivity contribution in [1.82, 2.24) is 0 Å². The lowest BCUT2D eigenvalue weighted by Crippen LogP contribution is -2.33. The summed E-state index contributed by atoms with van der Waals surface area (Å²) in [6, 6.07) is 0. The van der Waals surface area contributed by atoms with E-state index in [0.29, 0.717) is 25.7 Å². The van der Waals surface area contributed by atoms with Crippen LogP contribution in [-0.2, 0) is 42.8 Å². The number of carbonyl (C=O) groups excluding carboxylic acids is 2. The fraction of sp³-hybridized carbons (Fsp3) is 0.900. The van der Waals surface area contributed by atoms with Gasteiger partial charge in [0, 0.05) is 0 Å². The van der Waals surface area contributed by atoms with Crippen LogP contribution in [0.3, 0.4) is 0 Å². The standard InChI is InChI=1S/C20H38ClO9P/c1-8-14(5)25-19(22)12-18(20(23)26-15(6)9-2)31(24,29-27-16(7)10-3)30-28-17(11-4)13-21/h14-18H,8-13H2,1-7H3. The van der Waals surface area contributed by atoms with Crippen molar-refractivity contribution >= 4 is 31.1 Å². The molecule has 0 aliphatic rings. The van der Waals surface area contributed by atoms with Crippen LogP contribution >= 0.6 is 19.2 Å². The van der Waals surface area contributed by atoms with Gasteiger partial charge < -0.3 is 9.47 Å². The first-order valence-corrected chi connectivity index (χ1v) is 13.0. The maximum atomic E-state index is 13.6. The predicted molar refractivity (Wildman–Crippen MR) is 117 cm³/mol. The molecule has 11 heteroatoms. The Bertz CT molecular complexity index is 571. The molecule has 0 amide bonds. The van der Waals surface area contributed by atoms with Crippen LogP contribution in [0.5, 0.6) is 0 Å². The largest absolute Gasteiger partial charge is 0.463 e. The summed E-state index contributed by atoms with van der Waals surface area (Å²) in [5.74, 6) is -1.63. The Morgan fingerprint density at radius 3 is 1.81 bits per heavy atom. The molecule has 0 N–H and O–H groups in total. The molecule has 184 valence electrons. The minimum atomic E-state index is -4.48. The van der Waals surface area contributed by atoms with Crippen molar-refractivity contribution in [3.05, 3.63) is 0 Å². The Balaban J connectivity index is 5.85. The fourth-order valence-electron chi connectivity index (χ4n) is 1.84. The van der Waals surface area contributed by atoms with Crippen LogP contribution in [-0.4, -0.2) is 47.9 Å². The molecule has 0 aliphatic carbocycles. The SMILES string of the molecule is CCC(C)OOP(=O)(OOC(CC)CCl)C(CC(=O)OC(C)CC)C(=O)OC(C)CC. The molecule has 9 nitrogen and oxygen atoms in total. The van der Waals surface area contributed by atoms with Gasteiger partial charge in [0.1, 0.15) is 6.10 Å². The van der Waals surface area contributed by atoms with Crippen LogP contribution in [0, 0.1) is 0 Å². The van der Waals surface area contributed by atoms with E-state index in [1.54, 1.807) is 27.7 Å². The summed E-state index contributed by atoms with van der Waals surface area (Å²) in [7, 11) is -4.48. The first kappa shape index (κ1) is 30.3. The molecule has 0 fully saturated rings.